The molecule has 2 aliphatic carbocycles. The van der Waals surface area contributed by atoms with Crippen molar-refractivity contribution in [3.63, 3.8) is 0 Å². The van der Waals surface area contributed by atoms with Crippen LogP contribution in [-0.4, -0.2) is 37.5 Å². The molecule has 3 atom stereocenters. The molecule has 126 valence electrons. The van der Waals surface area contributed by atoms with Crippen LogP contribution in [0.2, 0.25) is 0 Å². The Kier molecular flexibility index (Phi) is 5.11. The molecule has 3 rings (SSSR count). The van der Waals surface area contributed by atoms with E-state index in [1.807, 2.05) is 7.05 Å². The van der Waals surface area contributed by atoms with Gasteiger partial charge in [0.15, 0.2) is 0 Å². The number of amides is 1. The van der Waals surface area contributed by atoms with Gasteiger partial charge in [-0.15, -0.1) is 0 Å². The molecule has 3 aliphatic rings. The standard InChI is InChI=1S/C19H34N2O/c1-15-12-17-4-3-8-19(13-15,14-17)18(22)21-10-6-16(7-11-21)5-9-20-2/h15-17,20H,3-14H2,1-2H3. The highest BCUT2D eigenvalue weighted by Crippen LogP contribution is 2.52. The van der Waals surface area contributed by atoms with E-state index in [-0.39, 0.29) is 5.41 Å². The molecule has 2 bridgehead atoms. The summed E-state index contributed by atoms with van der Waals surface area (Å²) in [4.78, 5) is 15.5. The zero-order valence-electron chi connectivity index (χ0n) is 14.6. The van der Waals surface area contributed by atoms with Crippen molar-refractivity contribution in [3.05, 3.63) is 0 Å². The summed E-state index contributed by atoms with van der Waals surface area (Å²) in [5.41, 5.74) is 0.0262. The highest BCUT2D eigenvalue weighted by atomic mass is 16.2. The van der Waals surface area contributed by atoms with Crippen molar-refractivity contribution in [2.45, 2.75) is 64.7 Å². The SMILES string of the molecule is CNCCC1CCN(C(=O)C23CCCC(CC(C)C2)C3)CC1. The highest BCUT2D eigenvalue weighted by Gasteiger charge is 2.48. The summed E-state index contributed by atoms with van der Waals surface area (Å²) >= 11 is 0. The molecular formula is C19H34N2O. The second-order valence-electron chi connectivity index (χ2n) is 8.42. The zero-order chi connectivity index (χ0) is 15.6. The molecule has 1 amide bonds. The van der Waals surface area contributed by atoms with E-state index in [0.717, 1.165) is 50.2 Å². The third-order valence-corrected chi connectivity index (χ3v) is 6.58. The quantitative estimate of drug-likeness (QED) is 0.863. The first-order valence-corrected chi connectivity index (χ1v) is 9.57. The third kappa shape index (κ3) is 3.34. The number of piperidine rings is 1. The van der Waals surface area contributed by atoms with Gasteiger partial charge in [0, 0.05) is 18.5 Å². The van der Waals surface area contributed by atoms with E-state index in [1.165, 1.54) is 44.9 Å². The van der Waals surface area contributed by atoms with Gasteiger partial charge in [-0.25, -0.2) is 0 Å². The number of nitrogens with one attached hydrogen (secondary N) is 1. The Bertz CT molecular complexity index is 385. The lowest BCUT2D eigenvalue weighted by molar-refractivity contribution is -0.150. The predicted octanol–water partition coefficient (Wildman–Crippen LogP) is 3.44. The number of rotatable bonds is 4. The molecule has 22 heavy (non-hydrogen) atoms. The van der Waals surface area contributed by atoms with Gasteiger partial charge in [0.1, 0.15) is 0 Å². The Balaban J connectivity index is 1.59. The lowest BCUT2D eigenvalue weighted by atomic mass is 9.58. The molecule has 1 N–H and O–H groups in total. The molecule has 0 aromatic heterocycles. The van der Waals surface area contributed by atoms with Gasteiger partial charge in [0.2, 0.25) is 5.91 Å². The maximum Gasteiger partial charge on any atom is 0.228 e. The summed E-state index contributed by atoms with van der Waals surface area (Å²) < 4.78 is 0. The molecule has 3 nitrogen and oxygen atoms in total. The van der Waals surface area contributed by atoms with Crippen LogP contribution in [0.1, 0.15) is 64.7 Å². The number of likely N-dealkylation sites (tertiary alicyclic amines) is 1. The van der Waals surface area contributed by atoms with Gasteiger partial charge in [-0.1, -0.05) is 19.8 Å². The van der Waals surface area contributed by atoms with Gasteiger partial charge in [-0.05, 0) is 76.3 Å². The Hall–Kier alpha value is -0.570. The van der Waals surface area contributed by atoms with Crippen LogP contribution < -0.4 is 5.32 Å². The molecule has 2 saturated carbocycles. The first-order chi connectivity index (χ1) is 10.6. The lowest BCUT2D eigenvalue weighted by Crippen LogP contribution is -2.51. The topological polar surface area (TPSA) is 32.3 Å². The van der Waals surface area contributed by atoms with Crippen molar-refractivity contribution in [2.75, 3.05) is 26.7 Å². The minimum Gasteiger partial charge on any atom is -0.342 e. The molecule has 1 saturated heterocycles. The van der Waals surface area contributed by atoms with E-state index in [4.69, 9.17) is 0 Å². The Morgan fingerprint density at radius 2 is 2.00 bits per heavy atom. The van der Waals surface area contributed by atoms with Crippen molar-refractivity contribution in [2.24, 2.45) is 23.2 Å². The largest absolute Gasteiger partial charge is 0.342 e. The molecule has 0 spiro atoms. The molecular weight excluding hydrogens is 272 g/mol. The minimum atomic E-state index is 0.0262. The summed E-state index contributed by atoms with van der Waals surface area (Å²) in [5.74, 6) is 2.92. The van der Waals surface area contributed by atoms with E-state index in [9.17, 15) is 4.79 Å². The monoisotopic (exact) mass is 306 g/mol. The number of fused-ring (bicyclic) bond motifs is 2. The first kappa shape index (κ1) is 16.3. The van der Waals surface area contributed by atoms with Crippen molar-refractivity contribution >= 4 is 5.91 Å². The van der Waals surface area contributed by atoms with Crippen LogP contribution in [0.3, 0.4) is 0 Å². The van der Waals surface area contributed by atoms with Crippen LogP contribution in [0.25, 0.3) is 0 Å². The fourth-order valence-corrected chi connectivity index (χ4v) is 5.58. The van der Waals surface area contributed by atoms with E-state index in [0.29, 0.717) is 5.91 Å². The molecule has 0 aromatic carbocycles. The molecule has 3 heteroatoms. The van der Waals surface area contributed by atoms with Crippen molar-refractivity contribution in [1.82, 2.24) is 10.2 Å². The second-order valence-corrected chi connectivity index (χ2v) is 8.42. The molecule has 3 fully saturated rings. The van der Waals surface area contributed by atoms with Crippen LogP contribution >= 0.6 is 0 Å². The molecule has 3 unspecified atom stereocenters. The molecule has 1 aliphatic heterocycles. The fraction of sp³-hybridized carbons (Fsp3) is 0.947. The summed E-state index contributed by atoms with van der Waals surface area (Å²) in [6.07, 6.45) is 11.2. The van der Waals surface area contributed by atoms with Gasteiger partial charge >= 0.3 is 0 Å². The van der Waals surface area contributed by atoms with Crippen LogP contribution in [0.15, 0.2) is 0 Å². The van der Waals surface area contributed by atoms with E-state index in [1.54, 1.807) is 0 Å². The number of carbonyl (C=O) groups excluding carboxylic acids is 1. The number of nitrogens with zero attached hydrogens (tertiary/aromatic N) is 1. The highest BCUT2D eigenvalue weighted by molar-refractivity contribution is 5.83. The Labute approximate surface area is 136 Å². The zero-order valence-corrected chi connectivity index (χ0v) is 14.6. The lowest BCUT2D eigenvalue weighted by Gasteiger charge is -2.49. The Morgan fingerprint density at radius 3 is 2.73 bits per heavy atom. The smallest absolute Gasteiger partial charge is 0.228 e. The van der Waals surface area contributed by atoms with Crippen molar-refractivity contribution in [3.8, 4) is 0 Å². The van der Waals surface area contributed by atoms with Crippen LogP contribution in [0, 0.1) is 23.2 Å². The normalized spacial score (nSPS) is 36.4. The summed E-state index contributed by atoms with van der Waals surface area (Å²) in [5, 5.41) is 3.25. The van der Waals surface area contributed by atoms with Crippen LogP contribution in [0.5, 0.6) is 0 Å². The number of hydrogen-bond donors (Lipinski definition) is 1. The first-order valence-electron chi connectivity index (χ1n) is 9.57. The Morgan fingerprint density at radius 1 is 1.23 bits per heavy atom. The number of carbonyl (C=O) groups is 1. The summed E-state index contributed by atoms with van der Waals surface area (Å²) in [6.45, 7) is 5.49. The van der Waals surface area contributed by atoms with Crippen molar-refractivity contribution in [1.29, 1.82) is 0 Å². The van der Waals surface area contributed by atoms with Gasteiger partial charge < -0.3 is 10.2 Å². The van der Waals surface area contributed by atoms with E-state index >= 15 is 0 Å². The van der Waals surface area contributed by atoms with Gasteiger partial charge in [0.05, 0.1) is 0 Å². The third-order valence-electron chi connectivity index (χ3n) is 6.58. The van der Waals surface area contributed by atoms with Crippen LogP contribution in [-0.2, 0) is 4.79 Å². The van der Waals surface area contributed by atoms with Crippen molar-refractivity contribution < 1.29 is 4.79 Å². The minimum absolute atomic E-state index is 0.0262. The summed E-state index contributed by atoms with van der Waals surface area (Å²) in [6, 6.07) is 0. The maximum absolute atomic E-state index is 13.3. The average molecular weight is 306 g/mol. The maximum atomic E-state index is 13.3. The van der Waals surface area contributed by atoms with Gasteiger partial charge in [-0.2, -0.15) is 0 Å². The van der Waals surface area contributed by atoms with E-state index < -0.39 is 0 Å². The fourth-order valence-electron chi connectivity index (χ4n) is 5.58. The van der Waals surface area contributed by atoms with Gasteiger partial charge in [-0.3, -0.25) is 4.79 Å². The summed E-state index contributed by atoms with van der Waals surface area (Å²) in [7, 11) is 2.03. The molecule has 1 heterocycles. The molecule has 0 aromatic rings. The average Bonchev–Trinajstić information content (AvgIpc) is 2.52. The van der Waals surface area contributed by atoms with Gasteiger partial charge in [0.25, 0.3) is 0 Å². The predicted molar refractivity (Wildman–Crippen MR) is 90.6 cm³/mol. The second kappa shape index (κ2) is 6.90. The van der Waals surface area contributed by atoms with Crippen LogP contribution in [0.4, 0.5) is 0 Å². The molecule has 0 radical (unpaired) electrons. The number of hydrogen-bond acceptors (Lipinski definition) is 2. The van der Waals surface area contributed by atoms with E-state index in [2.05, 4.69) is 17.1 Å².